The first-order chi connectivity index (χ1) is 14.2. The van der Waals surface area contributed by atoms with Crippen molar-refractivity contribution in [2.45, 2.75) is 62.4 Å². The normalized spacial score (nSPS) is 20.2. The SMILES string of the molecule is CS(=O)(=O)c1ccc(C(=O)C2=C(O)CCCC2=O)c(Cl)c1CN(CC1CC1)C1CC1. The van der Waals surface area contributed by atoms with Crippen LogP contribution < -0.4 is 0 Å². The molecule has 1 aromatic rings. The molecule has 0 bridgehead atoms. The zero-order chi connectivity index (χ0) is 21.6. The van der Waals surface area contributed by atoms with Gasteiger partial charge in [-0.1, -0.05) is 11.6 Å². The molecule has 1 N–H and O–H groups in total. The summed E-state index contributed by atoms with van der Waals surface area (Å²) in [6.45, 7) is 1.25. The second-order valence-electron chi connectivity index (χ2n) is 8.71. The Hall–Kier alpha value is -1.70. The van der Waals surface area contributed by atoms with Gasteiger partial charge in [0.1, 0.15) is 11.3 Å². The minimum Gasteiger partial charge on any atom is -0.511 e. The lowest BCUT2D eigenvalue weighted by atomic mass is 9.90. The molecule has 0 heterocycles. The summed E-state index contributed by atoms with van der Waals surface area (Å²) in [5.41, 5.74) is 0.247. The Balaban J connectivity index is 1.75. The highest BCUT2D eigenvalue weighted by atomic mass is 35.5. The van der Waals surface area contributed by atoms with Crippen LogP contribution in [0.3, 0.4) is 0 Å². The third-order valence-electron chi connectivity index (χ3n) is 6.07. The lowest BCUT2D eigenvalue weighted by Crippen LogP contribution is -2.29. The Labute approximate surface area is 181 Å². The molecule has 0 atom stereocenters. The van der Waals surface area contributed by atoms with Gasteiger partial charge in [0.05, 0.1) is 9.92 Å². The highest BCUT2D eigenvalue weighted by Gasteiger charge is 2.36. The third-order valence-corrected chi connectivity index (χ3v) is 7.68. The summed E-state index contributed by atoms with van der Waals surface area (Å²) in [4.78, 5) is 27.7. The number of carbonyl (C=O) groups excluding carboxylic acids is 2. The Morgan fingerprint density at radius 2 is 1.90 bits per heavy atom. The summed E-state index contributed by atoms with van der Waals surface area (Å²) in [5, 5.41) is 10.2. The predicted octanol–water partition coefficient (Wildman–Crippen LogP) is 3.87. The van der Waals surface area contributed by atoms with Gasteiger partial charge in [0.2, 0.25) is 5.78 Å². The Morgan fingerprint density at radius 3 is 2.47 bits per heavy atom. The molecule has 2 fully saturated rings. The van der Waals surface area contributed by atoms with E-state index in [0.717, 1.165) is 25.6 Å². The maximum Gasteiger partial charge on any atom is 0.201 e. The molecule has 1 aromatic carbocycles. The van der Waals surface area contributed by atoms with Crippen LogP contribution in [0.1, 0.15) is 60.9 Å². The number of allylic oxidation sites excluding steroid dienone is 2. The summed E-state index contributed by atoms with van der Waals surface area (Å²) in [6, 6.07) is 3.17. The first kappa shape index (κ1) is 21.5. The van der Waals surface area contributed by atoms with E-state index in [0.29, 0.717) is 30.5 Å². The Kier molecular flexibility index (Phi) is 5.81. The number of benzene rings is 1. The Morgan fingerprint density at radius 1 is 1.20 bits per heavy atom. The highest BCUT2D eigenvalue weighted by Crippen LogP contribution is 2.38. The average molecular weight is 452 g/mol. The second kappa shape index (κ2) is 8.09. The fourth-order valence-corrected chi connectivity index (χ4v) is 5.41. The van der Waals surface area contributed by atoms with Gasteiger partial charge in [-0.05, 0) is 50.2 Å². The number of hydrogen-bond acceptors (Lipinski definition) is 6. The van der Waals surface area contributed by atoms with Crippen LogP contribution in [0.2, 0.25) is 5.02 Å². The number of halogens is 1. The highest BCUT2D eigenvalue weighted by molar-refractivity contribution is 7.90. The van der Waals surface area contributed by atoms with Crippen LogP contribution in [0, 0.1) is 5.92 Å². The quantitative estimate of drug-likeness (QED) is 0.476. The lowest BCUT2D eigenvalue weighted by Gasteiger charge is -2.24. The van der Waals surface area contributed by atoms with E-state index >= 15 is 0 Å². The number of rotatable bonds is 8. The van der Waals surface area contributed by atoms with Crippen molar-refractivity contribution in [1.29, 1.82) is 0 Å². The van der Waals surface area contributed by atoms with E-state index in [9.17, 15) is 23.1 Å². The molecule has 162 valence electrons. The van der Waals surface area contributed by atoms with Gasteiger partial charge in [-0.2, -0.15) is 0 Å². The maximum absolute atomic E-state index is 13.1. The summed E-state index contributed by atoms with van der Waals surface area (Å²) in [6.07, 6.45) is 6.63. The average Bonchev–Trinajstić information content (AvgIpc) is 3.55. The fraction of sp³-hybridized carbons (Fsp3) is 0.545. The molecule has 0 unspecified atom stereocenters. The van der Waals surface area contributed by atoms with E-state index in [2.05, 4.69) is 4.90 Å². The molecule has 0 saturated heterocycles. The number of ketones is 2. The minimum atomic E-state index is -3.56. The molecule has 0 aliphatic heterocycles. The maximum atomic E-state index is 13.1. The Bertz CT molecular complexity index is 1040. The van der Waals surface area contributed by atoms with Gasteiger partial charge in [0.15, 0.2) is 15.6 Å². The van der Waals surface area contributed by atoms with E-state index in [1.54, 1.807) is 0 Å². The molecule has 0 radical (unpaired) electrons. The number of hydrogen-bond donors (Lipinski definition) is 1. The molecule has 8 heteroatoms. The van der Waals surface area contributed by atoms with Crippen molar-refractivity contribution < 1.29 is 23.1 Å². The number of aliphatic hydroxyl groups is 1. The molecule has 30 heavy (non-hydrogen) atoms. The first-order valence-electron chi connectivity index (χ1n) is 10.4. The topological polar surface area (TPSA) is 91.7 Å². The zero-order valence-corrected chi connectivity index (χ0v) is 18.6. The van der Waals surface area contributed by atoms with Crippen molar-refractivity contribution in [1.82, 2.24) is 4.90 Å². The number of aliphatic hydroxyl groups excluding tert-OH is 1. The molecule has 3 aliphatic rings. The molecule has 3 aliphatic carbocycles. The van der Waals surface area contributed by atoms with Gasteiger partial charge < -0.3 is 5.11 Å². The van der Waals surface area contributed by atoms with E-state index in [-0.39, 0.29) is 39.7 Å². The fourth-order valence-electron chi connectivity index (χ4n) is 4.11. The van der Waals surface area contributed by atoms with Crippen LogP contribution in [0.15, 0.2) is 28.4 Å². The molecule has 2 saturated carbocycles. The summed E-state index contributed by atoms with van der Waals surface area (Å²) < 4.78 is 24.9. The van der Waals surface area contributed by atoms with Crippen LogP contribution in [0.5, 0.6) is 0 Å². The van der Waals surface area contributed by atoms with Crippen LogP contribution in [-0.4, -0.2) is 48.8 Å². The first-order valence-corrected chi connectivity index (χ1v) is 12.7. The van der Waals surface area contributed by atoms with Crippen molar-refractivity contribution in [2.75, 3.05) is 12.8 Å². The summed E-state index contributed by atoms with van der Waals surface area (Å²) >= 11 is 6.62. The number of nitrogens with zero attached hydrogens (tertiary/aromatic N) is 1. The van der Waals surface area contributed by atoms with Crippen LogP contribution in [0.4, 0.5) is 0 Å². The van der Waals surface area contributed by atoms with Gasteiger partial charge >= 0.3 is 0 Å². The van der Waals surface area contributed by atoms with Crippen molar-refractivity contribution >= 4 is 33.0 Å². The van der Waals surface area contributed by atoms with Crippen molar-refractivity contribution in [3.05, 3.63) is 39.6 Å². The third kappa shape index (κ3) is 4.48. The second-order valence-corrected chi connectivity index (χ2v) is 11.1. The van der Waals surface area contributed by atoms with Crippen LogP contribution >= 0.6 is 11.6 Å². The van der Waals surface area contributed by atoms with E-state index in [1.807, 2.05) is 0 Å². The summed E-state index contributed by atoms with van der Waals surface area (Å²) in [5.74, 6) is -0.613. The number of Topliss-reactive ketones (excluding diaryl/α,β-unsaturated/α-hetero) is 2. The van der Waals surface area contributed by atoms with Gasteiger partial charge in [0, 0.05) is 49.4 Å². The van der Waals surface area contributed by atoms with Crippen molar-refractivity contribution in [3.63, 3.8) is 0 Å². The molecular formula is C22H26ClNO5S. The van der Waals surface area contributed by atoms with E-state index in [4.69, 9.17) is 11.6 Å². The monoisotopic (exact) mass is 451 g/mol. The van der Waals surface area contributed by atoms with Gasteiger partial charge in [-0.25, -0.2) is 8.42 Å². The van der Waals surface area contributed by atoms with Gasteiger partial charge in [0.25, 0.3) is 0 Å². The number of carbonyl (C=O) groups is 2. The predicted molar refractivity (Wildman–Crippen MR) is 114 cm³/mol. The van der Waals surface area contributed by atoms with E-state index in [1.165, 1.54) is 25.0 Å². The lowest BCUT2D eigenvalue weighted by molar-refractivity contribution is -0.116. The summed E-state index contributed by atoms with van der Waals surface area (Å²) in [7, 11) is -3.56. The molecule has 0 amide bonds. The largest absolute Gasteiger partial charge is 0.511 e. The van der Waals surface area contributed by atoms with Crippen LogP contribution in [-0.2, 0) is 21.2 Å². The smallest absolute Gasteiger partial charge is 0.201 e. The molecule has 4 rings (SSSR count). The van der Waals surface area contributed by atoms with Gasteiger partial charge in [-0.3, -0.25) is 14.5 Å². The van der Waals surface area contributed by atoms with E-state index < -0.39 is 21.4 Å². The van der Waals surface area contributed by atoms with Crippen molar-refractivity contribution in [2.24, 2.45) is 5.92 Å². The van der Waals surface area contributed by atoms with Crippen LogP contribution in [0.25, 0.3) is 0 Å². The number of sulfone groups is 1. The molecule has 6 nitrogen and oxygen atoms in total. The van der Waals surface area contributed by atoms with Gasteiger partial charge in [-0.15, -0.1) is 0 Å². The standard InChI is InChI=1S/C22H26ClNO5S/c1-30(28,29)19-10-9-15(22(27)20-17(25)3-2-4-18(20)26)21(23)16(19)12-24(14-7-8-14)11-13-5-6-13/h9-10,13-14,25H,2-8,11-12H2,1H3. The van der Waals surface area contributed by atoms with Crippen molar-refractivity contribution in [3.8, 4) is 0 Å². The zero-order valence-electron chi connectivity index (χ0n) is 17.0. The minimum absolute atomic E-state index is 0.0584. The molecule has 0 aromatic heterocycles. The molecule has 0 spiro atoms. The molecular weight excluding hydrogens is 426 g/mol.